The van der Waals surface area contributed by atoms with Gasteiger partial charge in [-0.3, -0.25) is 0 Å². The molecular formula is C19H19FN4O4S. The maximum absolute atomic E-state index is 13.4. The van der Waals surface area contributed by atoms with Gasteiger partial charge in [-0.2, -0.15) is 5.26 Å². The number of halogens is 1. The number of carboxylic acid groups (broad SMARTS) is 1. The van der Waals surface area contributed by atoms with Crippen LogP contribution in [0.1, 0.15) is 31.0 Å². The van der Waals surface area contributed by atoms with Gasteiger partial charge in [0.1, 0.15) is 17.5 Å². The molecule has 152 valence electrons. The Hall–Kier alpha value is -3.32. The molecule has 0 aliphatic carbocycles. The van der Waals surface area contributed by atoms with Crippen molar-refractivity contribution in [1.29, 1.82) is 5.26 Å². The molecule has 29 heavy (non-hydrogen) atoms. The molecule has 2 rings (SSSR count). The van der Waals surface area contributed by atoms with Crippen LogP contribution in [-0.4, -0.2) is 42.8 Å². The summed E-state index contributed by atoms with van der Waals surface area (Å²) in [5.74, 6) is -2.30. The topological polar surface area (TPSA) is 124 Å². The summed E-state index contributed by atoms with van der Waals surface area (Å²) in [6.07, 6.45) is 2.13. The molecule has 1 heterocycles. The average molecular weight is 418 g/mol. The van der Waals surface area contributed by atoms with Gasteiger partial charge in [-0.1, -0.05) is 13.8 Å². The number of aromatic nitrogens is 2. The Labute approximate surface area is 168 Å². The van der Waals surface area contributed by atoms with Crippen molar-refractivity contribution in [3.63, 3.8) is 0 Å². The zero-order chi connectivity index (χ0) is 21.9. The van der Waals surface area contributed by atoms with Crippen molar-refractivity contribution in [2.75, 3.05) is 17.6 Å². The second-order valence-corrected chi connectivity index (χ2v) is 8.55. The van der Waals surface area contributed by atoms with Gasteiger partial charge in [0.05, 0.1) is 17.6 Å². The molecule has 0 radical (unpaired) electrons. The third kappa shape index (κ3) is 4.94. The molecule has 0 amide bonds. The number of carboxylic acids is 1. The summed E-state index contributed by atoms with van der Waals surface area (Å²) < 4.78 is 38.2. The first-order valence-electron chi connectivity index (χ1n) is 8.42. The highest BCUT2D eigenvalue weighted by molar-refractivity contribution is 7.92. The van der Waals surface area contributed by atoms with Gasteiger partial charge in [0.25, 0.3) is 0 Å². The number of benzene rings is 1. The summed E-state index contributed by atoms with van der Waals surface area (Å²) >= 11 is 0. The molecule has 0 atom stereocenters. The molecule has 0 aliphatic rings. The third-order valence-electron chi connectivity index (χ3n) is 4.05. The Morgan fingerprint density at radius 3 is 2.31 bits per heavy atom. The molecular weight excluding hydrogens is 399 g/mol. The highest BCUT2D eigenvalue weighted by atomic mass is 32.2. The van der Waals surface area contributed by atoms with Crippen LogP contribution in [0.4, 0.5) is 10.3 Å². The minimum atomic E-state index is -3.67. The van der Waals surface area contributed by atoms with E-state index in [0.29, 0.717) is 11.3 Å². The molecule has 0 aliphatic heterocycles. The third-order valence-corrected chi connectivity index (χ3v) is 5.20. The van der Waals surface area contributed by atoms with E-state index in [4.69, 9.17) is 5.26 Å². The Kier molecular flexibility index (Phi) is 6.34. The van der Waals surface area contributed by atoms with E-state index in [1.54, 1.807) is 19.9 Å². The SMILES string of the molecule is CC(C)c1nc(N(C)S(C)(=O)=O)nc(-c2ccc(F)cc2)c1C=C(C#N)C(=O)O. The quantitative estimate of drug-likeness (QED) is 0.565. The van der Waals surface area contributed by atoms with E-state index in [2.05, 4.69) is 9.97 Å². The van der Waals surface area contributed by atoms with Crippen molar-refractivity contribution >= 4 is 28.0 Å². The number of carbonyl (C=O) groups is 1. The first kappa shape index (κ1) is 22.0. The number of rotatable bonds is 6. The van der Waals surface area contributed by atoms with Gasteiger partial charge in [-0.15, -0.1) is 0 Å². The van der Waals surface area contributed by atoms with Gasteiger partial charge in [-0.05, 0) is 36.3 Å². The number of aliphatic carboxylic acids is 1. The Morgan fingerprint density at radius 1 is 1.28 bits per heavy atom. The van der Waals surface area contributed by atoms with Gasteiger partial charge >= 0.3 is 5.97 Å². The zero-order valence-corrected chi connectivity index (χ0v) is 17.0. The maximum atomic E-state index is 13.4. The Bertz CT molecular complexity index is 1120. The van der Waals surface area contributed by atoms with Crippen LogP contribution in [0.15, 0.2) is 29.8 Å². The van der Waals surface area contributed by atoms with E-state index in [9.17, 15) is 22.7 Å². The maximum Gasteiger partial charge on any atom is 0.346 e. The summed E-state index contributed by atoms with van der Waals surface area (Å²) in [6, 6.07) is 6.85. The molecule has 0 saturated carbocycles. The molecule has 10 heteroatoms. The van der Waals surface area contributed by atoms with Crippen molar-refractivity contribution in [2.24, 2.45) is 0 Å². The number of nitriles is 1. The number of nitrogens with zero attached hydrogens (tertiary/aromatic N) is 4. The first-order valence-corrected chi connectivity index (χ1v) is 10.3. The van der Waals surface area contributed by atoms with Crippen molar-refractivity contribution in [3.8, 4) is 17.3 Å². The van der Waals surface area contributed by atoms with Crippen molar-refractivity contribution in [1.82, 2.24) is 9.97 Å². The van der Waals surface area contributed by atoms with Gasteiger partial charge in [0.15, 0.2) is 0 Å². The van der Waals surface area contributed by atoms with Crippen LogP contribution in [0.5, 0.6) is 0 Å². The molecule has 1 N–H and O–H groups in total. The average Bonchev–Trinajstić information content (AvgIpc) is 2.64. The smallest absolute Gasteiger partial charge is 0.346 e. The van der Waals surface area contributed by atoms with Crippen molar-refractivity contribution in [3.05, 3.63) is 46.9 Å². The Morgan fingerprint density at radius 2 is 1.86 bits per heavy atom. The standard InChI is InChI=1S/C19H19FN4O4S/c1-11(2)16-15(9-13(10-21)18(25)26)17(12-5-7-14(20)8-6-12)23-19(22-16)24(3)29(4,27)28/h5-9,11H,1-4H3,(H,25,26). The molecule has 2 aromatic rings. The van der Waals surface area contributed by atoms with E-state index < -0.39 is 27.4 Å². The van der Waals surface area contributed by atoms with Gasteiger partial charge in [0, 0.05) is 18.2 Å². The second-order valence-electron chi connectivity index (χ2n) is 6.54. The summed E-state index contributed by atoms with van der Waals surface area (Å²) in [5.41, 5.74) is 0.647. The minimum Gasteiger partial charge on any atom is -0.477 e. The lowest BCUT2D eigenvalue weighted by Gasteiger charge is -2.20. The molecule has 1 aromatic heterocycles. The van der Waals surface area contributed by atoms with E-state index in [1.807, 2.05) is 0 Å². The largest absolute Gasteiger partial charge is 0.477 e. The molecule has 0 saturated heterocycles. The lowest BCUT2D eigenvalue weighted by molar-refractivity contribution is -0.132. The van der Waals surface area contributed by atoms with Gasteiger partial charge < -0.3 is 5.11 Å². The van der Waals surface area contributed by atoms with Crippen molar-refractivity contribution < 1.29 is 22.7 Å². The molecule has 0 unspecified atom stereocenters. The van der Waals surface area contributed by atoms with E-state index in [0.717, 1.165) is 16.6 Å². The minimum absolute atomic E-state index is 0.124. The monoisotopic (exact) mass is 418 g/mol. The zero-order valence-electron chi connectivity index (χ0n) is 16.2. The highest BCUT2D eigenvalue weighted by Crippen LogP contribution is 2.32. The van der Waals surface area contributed by atoms with E-state index >= 15 is 0 Å². The van der Waals surface area contributed by atoms with E-state index in [-0.39, 0.29) is 23.1 Å². The number of sulfonamides is 1. The van der Waals surface area contributed by atoms with Crippen LogP contribution < -0.4 is 4.31 Å². The molecule has 0 fully saturated rings. The van der Waals surface area contributed by atoms with Crippen LogP contribution >= 0.6 is 0 Å². The molecule has 8 nitrogen and oxygen atoms in total. The van der Waals surface area contributed by atoms with Crippen LogP contribution in [0.3, 0.4) is 0 Å². The number of anilines is 1. The highest BCUT2D eigenvalue weighted by Gasteiger charge is 2.23. The fourth-order valence-corrected chi connectivity index (χ4v) is 2.84. The second kappa shape index (κ2) is 8.36. The summed E-state index contributed by atoms with van der Waals surface area (Å²) in [6.45, 7) is 3.57. The normalized spacial score (nSPS) is 12.0. The summed E-state index contributed by atoms with van der Waals surface area (Å²) in [5, 5.41) is 18.4. The fourth-order valence-electron chi connectivity index (χ4n) is 2.46. The predicted octanol–water partition coefficient (Wildman–Crippen LogP) is 2.79. The van der Waals surface area contributed by atoms with Crippen LogP contribution in [0, 0.1) is 17.1 Å². The number of hydrogen-bond acceptors (Lipinski definition) is 6. The molecule has 0 spiro atoms. The lowest BCUT2D eigenvalue weighted by atomic mass is 9.97. The Balaban J connectivity index is 2.94. The van der Waals surface area contributed by atoms with Crippen LogP contribution in [0.2, 0.25) is 0 Å². The fraction of sp³-hybridized carbons (Fsp3) is 0.263. The molecule has 1 aromatic carbocycles. The van der Waals surface area contributed by atoms with E-state index in [1.165, 1.54) is 31.3 Å². The summed E-state index contributed by atoms with van der Waals surface area (Å²) in [4.78, 5) is 19.9. The first-order chi connectivity index (χ1) is 13.5. The van der Waals surface area contributed by atoms with Crippen molar-refractivity contribution in [2.45, 2.75) is 19.8 Å². The van der Waals surface area contributed by atoms with Gasteiger partial charge in [0.2, 0.25) is 16.0 Å². The predicted molar refractivity (Wildman–Crippen MR) is 106 cm³/mol. The summed E-state index contributed by atoms with van der Waals surface area (Å²) in [7, 11) is -2.38. The molecule has 0 bridgehead atoms. The number of hydrogen-bond donors (Lipinski definition) is 1. The van der Waals surface area contributed by atoms with Gasteiger partial charge in [-0.25, -0.2) is 31.9 Å². The lowest BCUT2D eigenvalue weighted by Crippen LogP contribution is -2.27. The van der Waals surface area contributed by atoms with Crippen LogP contribution in [0.25, 0.3) is 17.3 Å². The van der Waals surface area contributed by atoms with Crippen LogP contribution in [-0.2, 0) is 14.8 Å².